The van der Waals surface area contributed by atoms with E-state index < -0.39 is 5.79 Å². The summed E-state index contributed by atoms with van der Waals surface area (Å²) in [6.07, 6.45) is 1.39. The van der Waals surface area contributed by atoms with Crippen LogP contribution in [-0.2, 0) is 15.3 Å². The van der Waals surface area contributed by atoms with E-state index in [1.807, 2.05) is 67.6 Å². The molecule has 25 heavy (non-hydrogen) atoms. The molecule has 2 aromatic carbocycles. The Morgan fingerprint density at radius 3 is 2.08 bits per heavy atom. The van der Waals surface area contributed by atoms with Crippen LogP contribution in [0.3, 0.4) is 0 Å². The molecule has 0 saturated carbocycles. The summed E-state index contributed by atoms with van der Waals surface area (Å²) in [5.41, 5.74) is 1.70. The van der Waals surface area contributed by atoms with E-state index in [0.29, 0.717) is 6.42 Å². The van der Waals surface area contributed by atoms with Crippen molar-refractivity contribution in [3.63, 3.8) is 0 Å². The van der Waals surface area contributed by atoms with Gasteiger partial charge in [-0.1, -0.05) is 67.6 Å². The van der Waals surface area contributed by atoms with Crippen LogP contribution in [0.2, 0.25) is 0 Å². The van der Waals surface area contributed by atoms with Crippen LogP contribution in [-0.4, -0.2) is 18.0 Å². The Labute approximate surface area is 150 Å². The first-order valence-electron chi connectivity index (χ1n) is 9.00. The van der Waals surface area contributed by atoms with E-state index >= 15 is 0 Å². The minimum atomic E-state index is -0.886. The number of benzene rings is 2. The van der Waals surface area contributed by atoms with Gasteiger partial charge in [-0.15, -0.1) is 0 Å². The molecule has 1 aliphatic rings. The number of hydrogen-bond acceptors (Lipinski definition) is 3. The molecule has 1 fully saturated rings. The third-order valence-electron chi connectivity index (χ3n) is 4.83. The lowest BCUT2D eigenvalue weighted by Crippen LogP contribution is -2.49. The van der Waals surface area contributed by atoms with Gasteiger partial charge in [0.15, 0.2) is 11.6 Å². The summed E-state index contributed by atoms with van der Waals surface area (Å²) in [7, 11) is 0. The van der Waals surface area contributed by atoms with Gasteiger partial charge in [0, 0.05) is 23.5 Å². The Balaban J connectivity index is 1.90. The molecule has 3 atom stereocenters. The van der Waals surface area contributed by atoms with Gasteiger partial charge in [-0.05, 0) is 20.3 Å². The molecule has 3 nitrogen and oxygen atoms in total. The van der Waals surface area contributed by atoms with Crippen molar-refractivity contribution in [3.8, 4) is 0 Å². The first-order chi connectivity index (χ1) is 12.0. The van der Waals surface area contributed by atoms with Crippen LogP contribution in [0.15, 0.2) is 60.7 Å². The average molecular weight is 338 g/mol. The minimum Gasteiger partial charge on any atom is -0.342 e. The highest BCUT2D eigenvalue weighted by Gasteiger charge is 2.46. The largest absolute Gasteiger partial charge is 0.342 e. The summed E-state index contributed by atoms with van der Waals surface area (Å²) in [5.74, 6) is -0.878. The Hall–Kier alpha value is -1.97. The van der Waals surface area contributed by atoms with Crippen LogP contribution in [0.5, 0.6) is 0 Å². The van der Waals surface area contributed by atoms with E-state index in [0.717, 1.165) is 17.5 Å². The normalized spacial score (nSPS) is 27.6. The van der Waals surface area contributed by atoms with Gasteiger partial charge >= 0.3 is 0 Å². The van der Waals surface area contributed by atoms with Crippen LogP contribution >= 0.6 is 0 Å². The predicted molar refractivity (Wildman–Crippen MR) is 98.4 cm³/mol. The fourth-order valence-electron chi connectivity index (χ4n) is 3.67. The molecule has 132 valence electrons. The number of Topliss-reactive ketones (excluding diaryl/α,β-unsaturated/α-hetero) is 1. The lowest BCUT2D eigenvalue weighted by Gasteiger charge is -2.46. The predicted octanol–water partition coefficient (Wildman–Crippen LogP) is 4.96. The van der Waals surface area contributed by atoms with Gasteiger partial charge < -0.3 is 9.47 Å². The molecule has 3 heteroatoms. The molecule has 0 unspecified atom stereocenters. The van der Waals surface area contributed by atoms with Crippen LogP contribution in [0, 0.1) is 5.92 Å². The van der Waals surface area contributed by atoms with E-state index in [-0.39, 0.29) is 23.9 Å². The maximum Gasteiger partial charge on any atom is 0.198 e. The summed E-state index contributed by atoms with van der Waals surface area (Å²) in [6.45, 7) is 6.18. The first kappa shape index (κ1) is 17.8. The van der Waals surface area contributed by atoms with Crippen molar-refractivity contribution >= 4 is 5.78 Å². The molecule has 0 aromatic heterocycles. The van der Waals surface area contributed by atoms with E-state index in [1.54, 1.807) is 0 Å². The van der Waals surface area contributed by atoms with Crippen LogP contribution in [0.25, 0.3) is 0 Å². The monoisotopic (exact) mass is 338 g/mol. The molecule has 1 heterocycles. The highest BCUT2D eigenvalue weighted by Crippen LogP contribution is 2.43. The second-order valence-corrected chi connectivity index (χ2v) is 7.02. The number of hydrogen-bond donors (Lipinski definition) is 0. The van der Waals surface area contributed by atoms with Crippen molar-refractivity contribution < 1.29 is 14.3 Å². The third-order valence-corrected chi connectivity index (χ3v) is 4.83. The van der Waals surface area contributed by atoms with Crippen LogP contribution in [0.4, 0.5) is 0 Å². The summed E-state index contributed by atoms with van der Waals surface area (Å²) >= 11 is 0. The highest BCUT2D eigenvalue weighted by molar-refractivity contribution is 5.96. The molecule has 2 aromatic rings. The van der Waals surface area contributed by atoms with Crippen LogP contribution < -0.4 is 0 Å². The first-order valence-corrected chi connectivity index (χ1v) is 9.00. The van der Waals surface area contributed by atoms with Gasteiger partial charge in [0.1, 0.15) is 0 Å². The van der Waals surface area contributed by atoms with E-state index in [2.05, 4.69) is 13.8 Å². The van der Waals surface area contributed by atoms with Crippen molar-refractivity contribution in [1.29, 1.82) is 0 Å². The molecule has 0 aliphatic carbocycles. The SMILES string of the molecule is C[C@@H]1C[C@@H](C)OC(c2ccccc2)([C@H](C)CC(=O)c2ccccc2)O1. The molecule has 0 radical (unpaired) electrons. The standard InChI is InChI=1S/C22H26O3/c1-16(14-21(23)19-10-6-4-7-11-19)22(20-12-8-5-9-13-20)24-17(2)15-18(3)25-22/h4-13,16-18H,14-15H2,1-3H3/t16-,17-,18-/m1/s1. The molecular weight excluding hydrogens is 312 g/mol. The maximum atomic E-state index is 12.7. The Morgan fingerprint density at radius 1 is 1.00 bits per heavy atom. The molecule has 0 amide bonds. The van der Waals surface area contributed by atoms with Gasteiger partial charge in [-0.2, -0.15) is 0 Å². The highest BCUT2D eigenvalue weighted by atomic mass is 16.7. The molecular formula is C22H26O3. The Kier molecular flexibility index (Phi) is 5.36. The minimum absolute atomic E-state index is 0.0817. The number of ketones is 1. The summed E-state index contributed by atoms with van der Waals surface area (Å²) in [5, 5.41) is 0. The van der Waals surface area contributed by atoms with Gasteiger partial charge in [0.25, 0.3) is 0 Å². The maximum absolute atomic E-state index is 12.7. The quantitative estimate of drug-likeness (QED) is 0.723. The van der Waals surface area contributed by atoms with Crippen molar-refractivity contribution in [2.75, 3.05) is 0 Å². The lowest BCUT2D eigenvalue weighted by molar-refractivity contribution is -0.342. The van der Waals surface area contributed by atoms with Crippen molar-refractivity contribution in [3.05, 3.63) is 71.8 Å². The summed E-state index contributed by atoms with van der Waals surface area (Å²) < 4.78 is 12.7. The van der Waals surface area contributed by atoms with E-state index in [4.69, 9.17) is 9.47 Å². The fraction of sp³-hybridized carbons (Fsp3) is 0.409. The third kappa shape index (κ3) is 3.83. The van der Waals surface area contributed by atoms with Crippen LogP contribution in [0.1, 0.15) is 49.5 Å². The lowest BCUT2D eigenvalue weighted by atomic mass is 9.86. The zero-order valence-electron chi connectivity index (χ0n) is 15.1. The Morgan fingerprint density at radius 2 is 1.52 bits per heavy atom. The number of carbonyl (C=O) groups excluding carboxylic acids is 1. The van der Waals surface area contributed by atoms with Gasteiger partial charge in [0.2, 0.25) is 0 Å². The number of rotatable bonds is 5. The van der Waals surface area contributed by atoms with Gasteiger partial charge in [-0.25, -0.2) is 0 Å². The zero-order valence-corrected chi connectivity index (χ0v) is 15.1. The molecule has 0 N–H and O–H groups in total. The average Bonchev–Trinajstić information content (AvgIpc) is 2.62. The van der Waals surface area contributed by atoms with Crippen molar-refractivity contribution in [1.82, 2.24) is 0 Å². The van der Waals surface area contributed by atoms with E-state index in [9.17, 15) is 4.79 Å². The second-order valence-electron chi connectivity index (χ2n) is 7.02. The summed E-state index contributed by atoms with van der Waals surface area (Å²) in [6, 6.07) is 19.4. The fourth-order valence-corrected chi connectivity index (χ4v) is 3.67. The number of ether oxygens (including phenoxy) is 2. The van der Waals surface area contributed by atoms with Crippen molar-refractivity contribution in [2.45, 2.75) is 51.6 Å². The molecule has 3 rings (SSSR count). The van der Waals surface area contributed by atoms with E-state index in [1.165, 1.54) is 0 Å². The molecule has 1 aliphatic heterocycles. The number of carbonyl (C=O) groups is 1. The van der Waals surface area contributed by atoms with Gasteiger partial charge in [0.05, 0.1) is 12.2 Å². The summed E-state index contributed by atoms with van der Waals surface area (Å²) in [4.78, 5) is 12.7. The smallest absolute Gasteiger partial charge is 0.198 e. The van der Waals surface area contributed by atoms with Gasteiger partial charge in [-0.3, -0.25) is 4.79 Å². The molecule has 0 bridgehead atoms. The molecule has 1 saturated heterocycles. The molecule has 0 spiro atoms. The topological polar surface area (TPSA) is 35.5 Å². The Bertz CT molecular complexity index is 686. The zero-order chi connectivity index (χ0) is 17.9. The van der Waals surface area contributed by atoms with Crippen molar-refractivity contribution in [2.24, 2.45) is 5.92 Å². The second kappa shape index (κ2) is 7.51.